The van der Waals surface area contributed by atoms with Crippen LogP contribution in [0.5, 0.6) is 0 Å². The number of hydrogen-bond donors (Lipinski definition) is 1. The van der Waals surface area contributed by atoms with E-state index in [1.807, 2.05) is 86.6 Å². The Kier molecular flexibility index (Phi) is 7.92. The molecule has 8 heteroatoms. The van der Waals surface area contributed by atoms with Gasteiger partial charge in [0.15, 0.2) is 0 Å². The summed E-state index contributed by atoms with van der Waals surface area (Å²) >= 11 is 12.7. The molecule has 5 rings (SSSR count). The highest BCUT2D eigenvalue weighted by atomic mass is 35.5. The van der Waals surface area contributed by atoms with Crippen LogP contribution in [0.15, 0.2) is 78.9 Å². The summed E-state index contributed by atoms with van der Waals surface area (Å²) in [6, 6.07) is 25.1. The molecule has 3 aromatic carbocycles. The number of ether oxygens (including phenoxy) is 2. The Balaban J connectivity index is 1.32. The summed E-state index contributed by atoms with van der Waals surface area (Å²) in [5.41, 5.74) is 8.36. The average molecular weight is 578 g/mol. The Hall–Kier alpha value is -3.74. The number of carbonyl (C=O) groups is 2. The fourth-order valence-electron chi connectivity index (χ4n) is 4.90. The molecule has 0 radical (unpaired) electrons. The number of nitrogens with zero attached hydrogens (tertiary/aromatic N) is 1. The predicted molar refractivity (Wildman–Crippen MR) is 158 cm³/mol. The van der Waals surface area contributed by atoms with Gasteiger partial charge < -0.3 is 9.47 Å². The zero-order valence-electron chi connectivity index (χ0n) is 22.5. The number of esters is 1. The van der Waals surface area contributed by atoms with Crippen LogP contribution >= 0.6 is 23.2 Å². The lowest BCUT2D eigenvalue weighted by atomic mass is 9.93. The molecule has 4 aromatic rings. The van der Waals surface area contributed by atoms with Crippen LogP contribution in [-0.2, 0) is 19.7 Å². The van der Waals surface area contributed by atoms with E-state index in [-0.39, 0.29) is 5.97 Å². The molecule has 1 N–H and O–H groups in total. The SMILES string of the molecule is CCOC(=O)C1(c2ccc(-c3ccc(-c4cc(Cl)c(C)n4NC(=O)OC(C)c4ccccc4Cl)cc3)cc2)CC1. The molecular weight excluding hydrogens is 547 g/mol. The fourth-order valence-corrected chi connectivity index (χ4v) is 5.38. The second kappa shape index (κ2) is 11.4. The van der Waals surface area contributed by atoms with Crippen LogP contribution < -0.4 is 5.43 Å². The van der Waals surface area contributed by atoms with Crippen molar-refractivity contribution in [1.29, 1.82) is 0 Å². The molecule has 0 saturated heterocycles. The number of carbonyl (C=O) groups excluding carboxylic acids is 2. The number of aromatic nitrogens is 1. The van der Waals surface area contributed by atoms with Crippen molar-refractivity contribution in [2.75, 3.05) is 12.0 Å². The smallest absolute Gasteiger partial charge is 0.427 e. The molecular formula is C32H30Cl2N2O4. The summed E-state index contributed by atoms with van der Waals surface area (Å²) in [5.74, 6) is -0.139. The summed E-state index contributed by atoms with van der Waals surface area (Å²) in [6.07, 6.45) is 0.475. The molecule has 0 bridgehead atoms. The Bertz CT molecular complexity index is 1540. The molecule has 1 aliphatic carbocycles. The van der Waals surface area contributed by atoms with Crippen molar-refractivity contribution in [3.8, 4) is 22.4 Å². The normalized spacial score (nSPS) is 14.3. The van der Waals surface area contributed by atoms with Crippen molar-refractivity contribution in [2.45, 2.75) is 45.1 Å². The molecule has 1 atom stereocenters. The van der Waals surface area contributed by atoms with Gasteiger partial charge in [0.05, 0.1) is 28.4 Å². The van der Waals surface area contributed by atoms with E-state index in [1.54, 1.807) is 17.7 Å². The van der Waals surface area contributed by atoms with Crippen LogP contribution in [0.4, 0.5) is 4.79 Å². The van der Waals surface area contributed by atoms with Gasteiger partial charge in [-0.3, -0.25) is 9.47 Å². The highest BCUT2D eigenvalue weighted by Gasteiger charge is 2.52. The van der Waals surface area contributed by atoms with Crippen LogP contribution in [-0.4, -0.2) is 23.3 Å². The van der Waals surface area contributed by atoms with Crippen LogP contribution in [0.25, 0.3) is 22.4 Å². The molecule has 1 aliphatic rings. The minimum atomic E-state index is -0.628. The van der Waals surface area contributed by atoms with Crippen LogP contribution in [0.1, 0.15) is 49.6 Å². The fraction of sp³-hybridized carbons (Fsp3) is 0.250. The first kappa shape index (κ1) is 27.8. The maximum Gasteiger partial charge on any atom is 0.427 e. The van der Waals surface area contributed by atoms with Crippen molar-refractivity contribution < 1.29 is 19.1 Å². The zero-order valence-corrected chi connectivity index (χ0v) is 24.1. The monoisotopic (exact) mass is 576 g/mol. The molecule has 6 nitrogen and oxygen atoms in total. The van der Waals surface area contributed by atoms with Gasteiger partial charge in [0.1, 0.15) is 6.10 Å². The number of amides is 1. The minimum Gasteiger partial charge on any atom is -0.465 e. The predicted octanol–water partition coefficient (Wildman–Crippen LogP) is 8.47. The van der Waals surface area contributed by atoms with Gasteiger partial charge in [-0.15, -0.1) is 0 Å². The van der Waals surface area contributed by atoms with E-state index in [4.69, 9.17) is 32.7 Å². The summed E-state index contributed by atoms with van der Waals surface area (Å²) in [5, 5.41) is 1.05. The van der Waals surface area contributed by atoms with Crippen molar-refractivity contribution in [3.63, 3.8) is 0 Å². The van der Waals surface area contributed by atoms with Gasteiger partial charge in [-0.25, -0.2) is 10.2 Å². The number of rotatable bonds is 8. The molecule has 206 valence electrons. The molecule has 1 amide bonds. The third kappa shape index (κ3) is 5.47. The Morgan fingerprint density at radius 2 is 1.52 bits per heavy atom. The lowest BCUT2D eigenvalue weighted by Gasteiger charge is -2.18. The van der Waals surface area contributed by atoms with Crippen LogP contribution in [0.3, 0.4) is 0 Å². The van der Waals surface area contributed by atoms with E-state index < -0.39 is 17.6 Å². The zero-order chi connectivity index (χ0) is 28.4. The van der Waals surface area contributed by atoms with E-state index in [0.29, 0.717) is 22.3 Å². The lowest BCUT2D eigenvalue weighted by molar-refractivity contribution is -0.146. The third-order valence-electron chi connectivity index (χ3n) is 7.38. The van der Waals surface area contributed by atoms with Gasteiger partial charge in [0, 0.05) is 16.1 Å². The first-order chi connectivity index (χ1) is 19.2. The number of halogens is 2. The van der Waals surface area contributed by atoms with E-state index in [0.717, 1.165) is 46.4 Å². The summed E-state index contributed by atoms with van der Waals surface area (Å²) in [4.78, 5) is 25.2. The summed E-state index contributed by atoms with van der Waals surface area (Å²) in [7, 11) is 0. The maximum absolute atomic E-state index is 12.8. The Morgan fingerprint density at radius 3 is 2.12 bits per heavy atom. The minimum absolute atomic E-state index is 0.139. The van der Waals surface area contributed by atoms with E-state index >= 15 is 0 Å². The second-order valence-electron chi connectivity index (χ2n) is 9.94. The molecule has 1 aromatic heterocycles. The molecule has 1 fully saturated rings. The Morgan fingerprint density at radius 1 is 0.925 bits per heavy atom. The summed E-state index contributed by atoms with van der Waals surface area (Å²) < 4.78 is 12.5. The summed E-state index contributed by atoms with van der Waals surface area (Å²) in [6.45, 7) is 5.81. The van der Waals surface area contributed by atoms with Crippen LogP contribution in [0.2, 0.25) is 10.0 Å². The van der Waals surface area contributed by atoms with Crippen molar-refractivity contribution in [3.05, 3.63) is 106 Å². The van der Waals surface area contributed by atoms with E-state index in [1.165, 1.54) is 0 Å². The quantitative estimate of drug-likeness (QED) is 0.213. The van der Waals surface area contributed by atoms with Gasteiger partial charge in [0.25, 0.3) is 0 Å². The van der Waals surface area contributed by atoms with Crippen molar-refractivity contribution in [2.24, 2.45) is 0 Å². The highest BCUT2D eigenvalue weighted by molar-refractivity contribution is 6.32. The lowest BCUT2D eigenvalue weighted by Crippen LogP contribution is -2.26. The molecule has 0 aliphatic heterocycles. The standard InChI is InChI=1S/C32H30Cl2N2O4/c1-4-39-30(37)32(17-18-32)25-15-13-23(14-16-25)22-9-11-24(12-10-22)29-19-28(34)20(2)36(29)35-31(38)40-21(3)26-7-5-6-8-27(26)33/h5-16,19,21H,4,17-18H2,1-3H3,(H,35,38). The second-order valence-corrected chi connectivity index (χ2v) is 10.8. The molecule has 40 heavy (non-hydrogen) atoms. The molecule has 1 saturated carbocycles. The number of hydrogen-bond acceptors (Lipinski definition) is 4. The van der Waals surface area contributed by atoms with Gasteiger partial charge in [-0.2, -0.15) is 0 Å². The first-order valence-electron chi connectivity index (χ1n) is 13.2. The van der Waals surface area contributed by atoms with Crippen molar-refractivity contribution in [1.82, 2.24) is 4.68 Å². The van der Waals surface area contributed by atoms with Crippen LogP contribution in [0, 0.1) is 6.92 Å². The van der Waals surface area contributed by atoms with Crippen molar-refractivity contribution >= 4 is 35.3 Å². The van der Waals surface area contributed by atoms with Gasteiger partial charge in [0.2, 0.25) is 0 Å². The van der Waals surface area contributed by atoms with Gasteiger partial charge in [-0.1, -0.05) is 89.9 Å². The topological polar surface area (TPSA) is 69.6 Å². The molecule has 1 heterocycles. The van der Waals surface area contributed by atoms with E-state index in [2.05, 4.69) is 5.43 Å². The maximum atomic E-state index is 12.8. The Labute approximate surface area is 243 Å². The average Bonchev–Trinajstić information content (AvgIpc) is 3.72. The third-order valence-corrected chi connectivity index (χ3v) is 8.11. The number of benzene rings is 3. The van der Waals surface area contributed by atoms with E-state index in [9.17, 15) is 9.59 Å². The van der Waals surface area contributed by atoms with Gasteiger partial charge in [-0.05, 0) is 62.4 Å². The highest BCUT2D eigenvalue weighted by Crippen LogP contribution is 2.49. The van der Waals surface area contributed by atoms with Gasteiger partial charge >= 0.3 is 12.1 Å². The molecule has 0 spiro atoms. The molecule has 1 unspecified atom stereocenters. The first-order valence-corrected chi connectivity index (χ1v) is 14.0. The number of nitrogens with one attached hydrogen (secondary N) is 1. The largest absolute Gasteiger partial charge is 0.465 e.